The molecule has 4 aromatic rings. The van der Waals surface area contributed by atoms with Crippen LogP contribution in [0.5, 0.6) is 0 Å². The highest BCUT2D eigenvalue weighted by atomic mass is 32.1. The predicted molar refractivity (Wildman–Crippen MR) is 116 cm³/mol. The van der Waals surface area contributed by atoms with Gasteiger partial charge in [-0.2, -0.15) is 9.47 Å². The van der Waals surface area contributed by atoms with Crippen molar-refractivity contribution < 1.29 is 19.1 Å². The Balaban J connectivity index is 1.51. The van der Waals surface area contributed by atoms with E-state index in [-0.39, 0.29) is 33.9 Å². The molecule has 0 saturated carbocycles. The number of hydrogen-bond acceptors (Lipinski definition) is 9. The Morgan fingerprint density at radius 2 is 2.09 bits per heavy atom. The number of aromatic carboxylic acids is 1. The maximum atomic E-state index is 15.0. The molecule has 0 bridgehead atoms. The topological polar surface area (TPSA) is 148 Å². The molecule has 0 radical (unpaired) electrons. The van der Waals surface area contributed by atoms with Crippen LogP contribution in [0, 0.1) is 5.82 Å². The summed E-state index contributed by atoms with van der Waals surface area (Å²) in [5.74, 6) is -2.37. The highest BCUT2D eigenvalue weighted by Gasteiger charge is 2.32. The second-order valence-electron chi connectivity index (χ2n) is 7.38. The lowest BCUT2D eigenvalue weighted by Crippen LogP contribution is -2.48. The van der Waals surface area contributed by atoms with Crippen LogP contribution < -0.4 is 15.6 Å². The van der Waals surface area contributed by atoms with Crippen LogP contribution in [0.1, 0.15) is 23.3 Å². The molecule has 1 amide bonds. The van der Waals surface area contributed by atoms with Crippen LogP contribution >= 0.6 is 11.5 Å². The average Bonchev–Trinajstić information content (AvgIpc) is 3.40. The van der Waals surface area contributed by atoms with Crippen LogP contribution in [0.2, 0.25) is 0 Å². The minimum absolute atomic E-state index is 0.0220. The number of nitrogens with zero attached hydrogens (tertiary/aromatic N) is 7. The van der Waals surface area contributed by atoms with Crippen molar-refractivity contribution in [3.63, 3.8) is 0 Å². The number of carboxylic acid groups (broad SMARTS) is 1. The Morgan fingerprint density at radius 1 is 1.30 bits per heavy atom. The molecule has 168 valence electrons. The minimum Gasteiger partial charge on any atom is -0.477 e. The molecular weight excluding hydrogens is 455 g/mol. The van der Waals surface area contributed by atoms with Gasteiger partial charge in [-0.1, -0.05) is 0 Å². The third kappa shape index (κ3) is 3.59. The fraction of sp³-hybridized carbons (Fsp3) is 0.211. The summed E-state index contributed by atoms with van der Waals surface area (Å²) in [4.78, 5) is 45.5. The molecule has 33 heavy (non-hydrogen) atoms. The largest absolute Gasteiger partial charge is 0.477 e. The average molecular weight is 470 g/mol. The van der Waals surface area contributed by atoms with Gasteiger partial charge in [0.1, 0.15) is 11.9 Å². The van der Waals surface area contributed by atoms with E-state index in [9.17, 15) is 23.9 Å². The van der Waals surface area contributed by atoms with E-state index in [1.54, 1.807) is 15.8 Å². The van der Waals surface area contributed by atoms with E-state index in [1.807, 2.05) is 0 Å². The molecule has 0 atom stereocenters. The maximum Gasteiger partial charge on any atom is 0.341 e. The van der Waals surface area contributed by atoms with Gasteiger partial charge in [0.2, 0.25) is 16.5 Å². The number of carbonyl (C=O) groups is 2. The third-order valence-electron chi connectivity index (χ3n) is 5.16. The van der Waals surface area contributed by atoms with Crippen molar-refractivity contribution in [2.75, 3.05) is 23.3 Å². The predicted octanol–water partition coefficient (Wildman–Crippen LogP) is 1.29. The van der Waals surface area contributed by atoms with Gasteiger partial charge in [-0.15, -0.1) is 0 Å². The number of amides is 1. The van der Waals surface area contributed by atoms with Gasteiger partial charge < -0.3 is 15.3 Å². The van der Waals surface area contributed by atoms with Gasteiger partial charge in [0, 0.05) is 43.9 Å². The summed E-state index contributed by atoms with van der Waals surface area (Å²) in [7, 11) is 0. The molecule has 1 aliphatic rings. The highest BCUT2D eigenvalue weighted by Crippen LogP contribution is 2.31. The van der Waals surface area contributed by atoms with Crippen molar-refractivity contribution >= 4 is 45.9 Å². The zero-order valence-corrected chi connectivity index (χ0v) is 17.8. The number of rotatable bonds is 5. The summed E-state index contributed by atoms with van der Waals surface area (Å²) < 4.78 is 21.9. The Bertz CT molecular complexity index is 1460. The lowest BCUT2D eigenvalue weighted by molar-refractivity contribution is -0.114. The third-order valence-corrected chi connectivity index (χ3v) is 5.82. The summed E-state index contributed by atoms with van der Waals surface area (Å²) in [6.45, 7) is 2.19. The molecule has 1 aliphatic heterocycles. The summed E-state index contributed by atoms with van der Waals surface area (Å²) in [5.41, 5.74) is -0.719. The quantitative estimate of drug-likeness (QED) is 0.440. The van der Waals surface area contributed by atoms with Crippen LogP contribution in [-0.2, 0) is 4.79 Å². The van der Waals surface area contributed by atoms with Gasteiger partial charge in [0.25, 0.3) is 0 Å². The molecule has 5 heterocycles. The molecule has 0 unspecified atom stereocenters. The van der Waals surface area contributed by atoms with Crippen molar-refractivity contribution in [1.82, 2.24) is 28.7 Å². The molecule has 1 fully saturated rings. The highest BCUT2D eigenvalue weighted by molar-refractivity contribution is 7.08. The fourth-order valence-corrected chi connectivity index (χ4v) is 4.12. The number of fused-ring (bicyclic) bond motifs is 1. The molecule has 2 N–H and O–H groups in total. The van der Waals surface area contributed by atoms with Gasteiger partial charge in [0.15, 0.2) is 17.3 Å². The van der Waals surface area contributed by atoms with E-state index in [0.717, 1.165) is 23.8 Å². The van der Waals surface area contributed by atoms with Crippen molar-refractivity contribution in [3.05, 3.63) is 52.6 Å². The summed E-state index contributed by atoms with van der Waals surface area (Å²) in [5, 5.41) is 16.4. The lowest BCUT2D eigenvalue weighted by Gasteiger charge is -2.40. The first-order valence-corrected chi connectivity index (χ1v) is 10.4. The molecule has 1 saturated heterocycles. The number of hydrogen-bond donors (Lipinski definition) is 2. The number of anilines is 2. The zero-order chi connectivity index (χ0) is 23.3. The molecule has 14 heteroatoms. The van der Waals surface area contributed by atoms with Crippen LogP contribution in [0.25, 0.3) is 16.2 Å². The first-order chi connectivity index (χ1) is 15.8. The van der Waals surface area contributed by atoms with Gasteiger partial charge in [-0.05, 0) is 6.07 Å². The monoisotopic (exact) mass is 470 g/mol. The summed E-state index contributed by atoms with van der Waals surface area (Å²) >= 11 is 0.977. The van der Waals surface area contributed by atoms with E-state index in [1.165, 1.54) is 24.0 Å². The number of carbonyl (C=O) groups excluding carboxylic acids is 1. The SMILES string of the molecule is CC(=O)Nc1cnn(C2CN(c3nc4c(cc3F)c(=O)c(C(=O)O)cn4-c3ncns3)C2)c1. The Kier molecular flexibility index (Phi) is 4.85. The van der Waals surface area contributed by atoms with Crippen molar-refractivity contribution in [3.8, 4) is 5.13 Å². The fourth-order valence-electron chi connectivity index (χ4n) is 3.61. The van der Waals surface area contributed by atoms with E-state index in [2.05, 4.69) is 24.8 Å². The van der Waals surface area contributed by atoms with Crippen LogP contribution in [0.15, 0.2) is 35.8 Å². The normalized spacial score (nSPS) is 13.8. The Morgan fingerprint density at radius 3 is 2.76 bits per heavy atom. The van der Waals surface area contributed by atoms with Crippen molar-refractivity contribution in [1.29, 1.82) is 0 Å². The molecule has 4 aromatic heterocycles. The molecule has 0 aromatic carbocycles. The van der Waals surface area contributed by atoms with E-state index >= 15 is 0 Å². The van der Waals surface area contributed by atoms with E-state index in [0.29, 0.717) is 18.8 Å². The van der Waals surface area contributed by atoms with Crippen LogP contribution in [-0.4, -0.2) is 58.8 Å². The van der Waals surface area contributed by atoms with Gasteiger partial charge in [-0.3, -0.25) is 18.8 Å². The molecular formula is C19H15FN8O4S. The van der Waals surface area contributed by atoms with Crippen LogP contribution in [0.3, 0.4) is 0 Å². The first-order valence-electron chi connectivity index (χ1n) is 9.64. The molecule has 0 spiro atoms. The van der Waals surface area contributed by atoms with Gasteiger partial charge >= 0.3 is 5.97 Å². The first kappa shape index (κ1) is 20.7. The van der Waals surface area contributed by atoms with Crippen molar-refractivity contribution in [2.24, 2.45) is 0 Å². The summed E-state index contributed by atoms with van der Waals surface area (Å²) in [6.07, 6.45) is 5.62. The van der Waals surface area contributed by atoms with E-state index < -0.39 is 22.8 Å². The van der Waals surface area contributed by atoms with Gasteiger partial charge in [0.05, 0.1) is 23.3 Å². The smallest absolute Gasteiger partial charge is 0.341 e. The molecule has 5 rings (SSSR count). The number of pyridine rings is 2. The van der Waals surface area contributed by atoms with E-state index in [4.69, 9.17) is 0 Å². The van der Waals surface area contributed by atoms with Crippen molar-refractivity contribution in [2.45, 2.75) is 13.0 Å². The Labute approximate surface area is 188 Å². The number of nitrogens with one attached hydrogen (secondary N) is 1. The lowest BCUT2D eigenvalue weighted by atomic mass is 10.1. The zero-order valence-electron chi connectivity index (χ0n) is 17.0. The maximum absolute atomic E-state index is 15.0. The number of aromatic nitrogens is 6. The molecule has 0 aliphatic carbocycles. The standard InChI is InChI=1S/C19H15FN8O4S/c1-9(29)24-10-3-22-28(4-10)11-5-26(6-11)17-14(20)2-12-15(30)13(18(31)32)7-27(16(12)25-17)19-21-8-23-33-19/h2-4,7-8,11H,5-6H2,1H3,(H,24,29)(H,31,32). The summed E-state index contributed by atoms with van der Waals surface area (Å²) in [6, 6.07) is 0.934. The van der Waals surface area contributed by atoms with Gasteiger partial charge in [-0.25, -0.2) is 19.2 Å². The molecule has 12 nitrogen and oxygen atoms in total. The number of halogens is 1. The minimum atomic E-state index is -1.44. The van der Waals surface area contributed by atoms with Crippen LogP contribution in [0.4, 0.5) is 15.9 Å². The number of carboxylic acids is 1. The second-order valence-corrected chi connectivity index (χ2v) is 8.14. The Hall–Kier alpha value is -4.20. The second kappa shape index (κ2) is 7.74.